The minimum absolute atomic E-state index is 0.0588. The number of carbonyl (C=O) groups excluding carboxylic acids is 1. The fourth-order valence-electron chi connectivity index (χ4n) is 2.69. The van der Waals surface area contributed by atoms with Gasteiger partial charge in [-0.25, -0.2) is 12.8 Å². The summed E-state index contributed by atoms with van der Waals surface area (Å²) in [5.41, 5.74) is 0.634. The number of benzene rings is 2. The molecular weight excluding hydrogens is 438 g/mol. The number of halogens is 3. The fraction of sp³-hybridized carbons (Fsp3) is 0.100. The molecule has 0 bridgehead atoms. The monoisotopic (exact) mass is 452 g/mol. The molecular formula is C20H15Cl2FN2O3S. The van der Waals surface area contributed by atoms with Gasteiger partial charge in [-0.05, 0) is 54.1 Å². The summed E-state index contributed by atoms with van der Waals surface area (Å²) in [6.45, 7) is -0.218. The molecule has 1 heterocycles. The first kappa shape index (κ1) is 21.2. The Bertz CT molecular complexity index is 1120. The van der Waals surface area contributed by atoms with E-state index in [2.05, 4.69) is 10.3 Å². The van der Waals surface area contributed by atoms with Gasteiger partial charge in [0.05, 0.1) is 14.9 Å². The lowest BCUT2D eigenvalue weighted by Gasteiger charge is -2.19. The van der Waals surface area contributed by atoms with E-state index in [9.17, 15) is 17.6 Å². The van der Waals surface area contributed by atoms with Crippen LogP contribution in [0, 0.1) is 5.82 Å². The van der Waals surface area contributed by atoms with Gasteiger partial charge in [-0.15, -0.1) is 0 Å². The van der Waals surface area contributed by atoms with Gasteiger partial charge in [-0.1, -0.05) is 29.3 Å². The molecule has 0 aliphatic rings. The zero-order valence-electron chi connectivity index (χ0n) is 14.8. The quantitative estimate of drug-likeness (QED) is 0.559. The van der Waals surface area contributed by atoms with Gasteiger partial charge in [0, 0.05) is 24.5 Å². The number of nitrogens with zero attached hydrogens (tertiary/aromatic N) is 1. The van der Waals surface area contributed by atoms with Gasteiger partial charge in [0.15, 0.2) is 9.84 Å². The Morgan fingerprint density at radius 2 is 1.79 bits per heavy atom. The van der Waals surface area contributed by atoms with Crippen molar-refractivity contribution in [3.8, 4) is 0 Å². The fourth-order valence-corrected chi connectivity index (χ4v) is 4.63. The molecule has 1 atom stereocenters. The Balaban J connectivity index is 1.89. The van der Waals surface area contributed by atoms with E-state index in [-0.39, 0.29) is 22.0 Å². The van der Waals surface area contributed by atoms with Gasteiger partial charge in [0.25, 0.3) is 5.91 Å². The highest BCUT2D eigenvalue weighted by atomic mass is 35.5. The second-order valence-corrected chi connectivity index (χ2v) is 9.06. The summed E-state index contributed by atoms with van der Waals surface area (Å²) < 4.78 is 39.5. The van der Waals surface area contributed by atoms with Crippen LogP contribution in [0.1, 0.15) is 21.2 Å². The smallest absolute Gasteiger partial charge is 0.251 e. The summed E-state index contributed by atoms with van der Waals surface area (Å²) >= 11 is 11.8. The highest BCUT2D eigenvalue weighted by Gasteiger charge is 2.30. The first-order chi connectivity index (χ1) is 13.8. The molecule has 29 heavy (non-hydrogen) atoms. The van der Waals surface area contributed by atoms with Crippen LogP contribution in [0.2, 0.25) is 10.0 Å². The molecule has 3 rings (SSSR count). The molecule has 2 aromatic carbocycles. The molecule has 1 N–H and O–H groups in total. The van der Waals surface area contributed by atoms with Gasteiger partial charge in [0.1, 0.15) is 11.1 Å². The number of hydrogen-bond acceptors (Lipinski definition) is 4. The van der Waals surface area contributed by atoms with Crippen LogP contribution in [0.4, 0.5) is 4.39 Å². The average Bonchev–Trinajstić information content (AvgIpc) is 2.71. The number of amides is 1. The van der Waals surface area contributed by atoms with Crippen molar-refractivity contribution in [2.24, 2.45) is 0 Å². The van der Waals surface area contributed by atoms with Crippen molar-refractivity contribution in [3.05, 3.63) is 94.0 Å². The lowest BCUT2D eigenvalue weighted by Crippen LogP contribution is -2.32. The molecule has 150 valence electrons. The van der Waals surface area contributed by atoms with Crippen molar-refractivity contribution >= 4 is 38.9 Å². The molecule has 0 saturated carbocycles. The first-order valence-electron chi connectivity index (χ1n) is 8.41. The van der Waals surface area contributed by atoms with Crippen LogP contribution in [0.25, 0.3) is 0 Å². The average molecular weight is 453 g/mol. The number of pyridine rings is 1. The largest absolute Gasteiger partial charge is 0.350 e. The predicted octanol–water partition coefficient (Wildman–Crippen LogP) is 4.47. The zero-order chi connectivity index (χ0) is 21.0. The van der Waals surface area contributed by atoms with E-state index in [1.807, 2.05) is 0 Å². The standard InChI is InChI=1S/C20H15Cl2FN2O3S/c21-17-8-3-13(10-18(17)22)20(26)25-12-19(14-2-1-9-24-11-14)29(27,28)16-6-4-15(23)5-7-16/h1-11,19H,12H2,(H,25,26). The van der Waals surface area contributed by atoms with E-state index in [1.165, 1.54) is 42.7 Å². The summed E-state index contributed by atoms with van der Waals surface area (Å²) in [4.78, 5) is 16.4. The van der Waals surface area contributed by atoms with Crippen LogP contribution in [-0.4, -0.2) is 25.9 Å². The van der Waals surface area contributed by atoms with Crippen molar-refractivity contribution in [2.75, 3.05) is 6.54 Å². The molecule has 9 heteroatoms. The van der Waals surface area contributed by atoms with Crippen molar-refractivity contribution in [1.82, 2.24) is 10.3 Å². The van der Waals surface area contributed by atoms with Crippen molar-refractivity contribution < 1.29 is 17.6 Å². The maximum Gasteiger partial charge on any atom is 0.251 e. The van der Waals surface area contributed by atoms with Crippen LogP contribution >= 0.6 is 23.2 Å². The molecule has 0 aliphatic carbocycles. The number of carbonyl (C=O) groups is 1. The van der Waals surface area contributed by atoms with Crippen LogP contribution in [-0.2, 0) is 9.84 Å². The first-order valence-corrected chi connectivity index (χ1v) is 10.7. The Kier molecular flexibility index (Phi) is 6.52. The second-order valence-electron chi connectivity index (χ2n) is 6.11. The van der Waals surface area contributed by atoms with E-state index < -0.39 is 26.8 Å². The van der Waals surface area contributed by atoms with E-state index in [4.69, 9.17) is 23.2 Å². The Morgan fingerprint density at radius 1 is 1.07 bits per heavy atom. The molecule has 0 radical (unpaired) electrons. The number of hydrogen-bond donors (Lipinski definition) is 1. The van der Waals surface area contributed by atoms with Gasteiger partial charge < -0.3 is 5.32 Å². The zero-order valence-corrected chi connectivity index (χ0v) is 17.2. The Hall–Kier alpha value is -2.48. The van der Waals surface area contributed by atoms with Crippen molar-refractivity contribution in [2.45, 2.75) is 10.1 Å². The summed E-state index contributed by atoms with van der Waals surface area (Å²) in [6.07, 6.45) is 2.93. The number of aromatic nitrogens is 1. The molecule has 0 spiro atoms. The Morgan fingerprint density at radius 3 is 2.41 bits per heavy atom. The van der Waals surface area contributed by atoms with Crippen molar-refractivity contribution in [1.29, 1.82) is 0 Å². The molecule has 1 unspecified atom stereocenters. The van der Waals surface area contributed by atoms with Gasteiger partial charge in [-0.3, -0.25) is 9.78 Å². The lowest BCUT2D eigenvalue weighted by molar-refractivity contribution is 0.0953. The van der Waals surface area contributed by atoms with Crippen molar-refractivity contribution in [3.63, 3.8) is 0 Å². The van der Waals surface area contributed by atoms with Gasteiger partial charge in [0.2, 0.25) is 0 Å². The van der Waals surface area contributed by atoms with Gasteiger partial charge in [-0.2, -0.15) is 0 Å². The normalized spacial score (nSPS) is 12.4. The molecule has 0 saturated heterocycles. The molecule has 5 nitrogen and oxygen atoms in total. The highest BCUT2D eigenvalue weighted by molar-refractivity contribution is 7.91. The summed E-state index contributed by atoms with van der Waals surface area (Å²) in [5.74, 6) is -1.05. The summed E-state index contributed by atoms with van der Waals surface area (Å²) in [7, 11) is -3.93. The number of rotatable bonds is 6. The third kappa shape index (κ3) is 4.93. The molecule has 0 aliphatic heterocycles. The summed E-state index contributed by atoms with van der Waals surface area (Å²) in [5, 5.41) is 2.00. The topological polar surface area (TPSA) is 76.1 Å². The SMILES string of the molecule is O=C(NCC(c1cccnc1)S(=O)(=O)c1ccc(F)cc1)c1ccc(Cl)c(Cl)c1. The predicted molar refractivity (Wildman–Crippen MR) is 109 cm³/mol. The Labute approximate surface area is 177 Å². The second kappa shape index (κ2) is 8.90. The maximum atomic E-state index is 13.2. The van der Waals surface area contributed by atoms with Crippen LogP contribution in [0.3, 0.4) is 0 Å². The van der Waals surface area contributed by atoms with Crippen LogP contribution in [0.15, 0.2) is 71.9 Å². The van der Waals surface area contributed by atoms with E-state index in [0.717, 1.165) is 12.1 Å². The molecule has 1 amide bonds. The third-order valence-corrected chi connectivity index (χ3v) is 7.06. The third-order valence-electron chi connectivity index (χ3n) is 4.20. The molecule has 3 aromatic rings. The minimum atomic E-state index is -3.93. The maximum absolute atomic E-state index is 13.2. The number of sulfone groups is 1. The molecule has 0 fully saturated rings. The lowest BCUT2D eigenvalue weighted by atomic mass is 10.2. The highest BCUT2D eigenvalue weighted by Crippen LogP contribution is 2.28. The van der Waals surface area contributed by atoms with Crippen LogP contribution in [0.5, 0.6) is 0 Å². The number of nitrogens with one attached hydrogen (secondary N) is 1. The van der Waals surface area contributed by atoms with E-state index >= 15 is 0 Å². The summed E-state index contributed by atoms with van der Waals surface area (Å²) in [6, 6.07) is 12.1. The van der Waals surface area contributed by atoms with Gasteiger partial charge >= 0.3 is 0 Å². The van der Waals surface area contributed by atoms with E-state index in [1.54, 1.807) is 12.1 Å². The van der Waals surface area contributed by atoms with E-state index in [0.29, 0.717) is 10.6 Å². The molecule has 1 aromatic heterocycles. The van der Waals surface area contributed by atoms with Crippen LogP contribution < -0.4 is 5.32 Å². The minimum Gasteiger partial charge on any atom is -0.350 e.